The number of nitrogens with zero attached hydrogens (tertiary/aromatic N) is 2. The summed E-state index contributed by atoms with van der Waals surface area (Å²) in [6.07, 6.45) is 2.62. The molecule has 1 heterocycles. The summed E-state index contributed by atoms with van der Waals surface area (Å²) in [7, 11) is 0. The minimum atomic E-state index is 0.113. The number of amides is 1. The molecule has 1 amide bonds. The van der Waals surface area contributed by atoms with Crippen molar-refractivity contribution in [1.29, 1.82) is 5.41 Å². The number of ether oxygens (including phenoxy) is 1. The van der Waals surface area contributed by atoms with Gasteiger partial charge in [0.05, 0.1) is 30.3 Å². The van der Waals surface area contributed by atoms with E-state index < -0.39 is 0 Å². The van der Waals surface area contributed by atoms with Crippen LogP contribution in [-0.2, 0) is 16.0 Å². The number of nitrogens with one attached hydrogen (secondary N) is 1. The number of aryl methyl sites for hydroxylation is 1. The average molecular weight is 409 g/mol. The quantitative estimate of drug-likeness (QED) is 0.238. The SMILES string of the molecule is N=C(/C(N)=C/N(N)c1ccc(CCC(=O)N2CCOCC2)cc1)c1ccccc1N. The molecule has 8 heteroatoms. The molecule has 0 unspecified atom stereocenters. The Labute approximate surface area is 176 Å². The lowest BCUT2D eigenvalue weighted by Gasteiger charge is -2.26. The number of morpholine rings is 1. The molecule has 3 rings (SSSR count). The van der Waals surface area contributed by atoms with Crippen LogP contribution in [0.3, 0.4) is 0 Å². The van der Waals surface area contributed by atoms with Crippen molar-refractivity contribution in [3.63, 3.8) is 0 Å². The first-order valence-corrected chi connectivity index (χ1v) is 9.85. The minimum absolute atomic E-state index is 0.113. The lowest BCUT2D eigenvalue weighted by atomic mass is 10.1. The van der Waals surface area contributed by atoms with E-state index in [-0.39, 0.29) is 17.3 Å². The summed E-state index contributed by atoms with van der Waals surface area (Å²) in [5.41, 5.74) is 15.1. The Morgan fingerprint density at radius 2 is 1.80 bits per heavy atom. The molecular formula is C22H28N6O2. The van der Waals surface area contributed by atoms with Crippen LogP contribution in [0.25, 0.3) is 0 Å². The maximum Gasteiger partial charge on any atom is 0.223 e. The summed E-state index contributed by atoms with van der Waals surface area (Å²) in [5, 5.41) is 9.61. The van der Waals surface area contributed by atoms with Gasteiger partial charge in [-0.15, -0.1) is 0 Å². The number of para-hydroxylation sites is 1. The van der Waals surface area contributed by atoms with Crippen LogP contribution in [0.1, 0.15) is 17.5 Å². The van der Waals surface area contributed by atoms with Gasteiger partial charge in [-0.05, 0) is 30.2 Å². The molecule has 158 valence electrons. The molecule has 0 bridgehead atoms. The van der Waals surface area contributed by atoms with Crippen molar-refractivity contribution in [2.24, 2.45) is 11.6 Å². The molecule has 1 aliphatic heterocycles. The van der Waals surface area contributed by atoms with Crippen molar-refractivity contribution < 1.29 is 9.53 Å². The Morgan fingerprint density at radius 1 is 1.13 bits per heavy atom. The predicted octanol–water partition coefficient (Wildman–Crippen LogP) is 1.61. The molecule has 0 saturated carbocycles. The third kappa shape index (κ3) is 5.37. The zero-order valence-electron chi connectivity index (χ0n) is 16.9. The second-order valence-corrected chi connectivity index (χ2v) is 7.11. The van der Waals surface area contributed by atoms with Gasteiger partial charge in [0.15, 0.2) is 0 Å². The van der Waals surface area contributed by atoms with Gasteiger partial charge in [0, 0.05) is 37.0 Å². The number of hydrazine groups is 1. The Morgan fingerprint density at radius 3 is 2.47 bits per heavy atom. The lowest BCUT2D eigenvalue weighted by Crippen LogP contribution is -2.40. The highest BCUT2D eigenvalue weighted by molar-refractivity contribution is 6.13. The van der Waals surface area contributed by atoms with Crippen molar-refractivity contribution in [3.05, 3.63) is 71.6 Å². The number of allylic oxidation sites excluding steroid dienone is 1. The van der Waals surface area contributed by atoms with Crippen LogP contribution in [0.2, 0.25) is 0 Å². The highest BCUT2D eigenvalue weighted by atomic mass is 16.5. The summed E-state index contributed by atoms with van der Waals surface area (Å²) in [5.74, 6) is 6.25. The number of rotatable bonds is 7. The van der Waals surface area contributed by atoms with Gasteiger partial charge in [0.2, 0.25) is 5.91 Å². The molecule has 1 fully saturated rings. The van der Waals surface area contributed by atoms with Gasteiger partial charge in [-0.25, -0.2) is 5.84 Å². The van der Waals surface area contributed by atoms with Crippen molar-refractivity contribution in [2.75, 3.05) is 37.0 Å². The number of nitrogens with two attached hydrogens (primary N) is 3. The minimum Gasteiger partial charge on any atom is -0.398 e. The molecule has 0 radical (unpaired) electrons. The number of benzene rings is 2. The largest absolute Gasteiger partial charge is 0.398 e. The Hall–Kier alpha value is -3.36. The molecule has 0 atom stereocenters. The lowest BCUT2D eigenvalue weighted by molar-refractivity contribution is -0.135. The van der Waals surface area contributed by atoms with Crippen LogP contribution in [0, 0.1) is 5.41 Å². The molecule has 0 spiro atoms. The zero-order valence-corrected chi connectivity index (χ0v) is 16.9. The van der Waals surface area contributed by atoms with E-state index in [0.29, 0.717) is 50.4 Å². The van der Waals surface area contributed by atoms with Crippen LogP contribution >= 0.6 is 0 Å². The summed E-state index contributed by atoms with van der Waals surface area (Å²) >= 11 is 0. The maximum atomic E-state index is 12.3. The molecule has 0 aliphatic carbocycles. The number of hydrogen-bond donors (Lipinski definition) is 4. The second kappa shape index (κ2) is 9.91. The van der Waals surface area contributed by atoms with Gasteiger partial charge < -0.3 is 21.1 Å². The van der Waals surface area contributed by atoms with Gasteiger partial charge in [-0.1, -0.05) is 30.3 Å². The van der Waals surface area contributed by atoms with E-state index in [1.54, 1.807) is 24.3 Å². The Balaban J connectivity index is 1.58. The molecule has 30 heavy (non-hydrogen) atoms. The topological polar surface area (TPSA) is 135 Å². The van der Waals surface area contributed by atoms with E-state index in [1.165, 1.54) is 11.2 Å². The van der Waals surface area contributed by atoms with Crippen LogP contribution in [0.4, 0.5) is 11.4 Å². The molecule has 2 aromatic rings. The fourth-order valence-corrected chi connectivity index (χ4v) is 3.23. The predicted molar refractivity (Wildman–Crippen MR) is 119 cm³/mol. The molecule has 1 saturated heterocycles. The highest BCUT2D eigenvalue weighted by Gasteiger charge is 2.16. The van der Waals surface area contributed by atoms with Crippen molar-refractivity contribution in [2.45, 2.75) is 12.8 Å². The molecule has 2 aromatic carbocycles. The average Bonchev–Trinajstić information content (AvgIpc) is 2.78. The summed E-state index contributed by atoms with van der Waals surface area (Å²) in [6.45, 7) is 2.55. The van der Waals surface area contributed by atoms with Crippen molar-refractivity contribution in [1.82, 2.24) is 4.90 Å². The molecule has 8 nitrogen and oxygen atoms in total. The maximum absolute atomic E-state index is 12.3. The molecule has 7 N–H and O–H groups in total. The van der Waals surface area contributed by atoms with E-state index in [0.717, 1.165) is 11.3 Å². The van der Waals surface area contributed by atoms with Crippen molar-refractivity contribution >= 4 is 23.0 Å². The highest BCUT2D eigenvalue weighted by Crippen LogP contribution is 2.17. The van der Waals surface area contributed by atoms with Crippen molar-refractivity contribution in [3.8, 4) is 0 Å². The summed E-state index contributed by atoms with van der Waals surface area (Å²) < 4.78 is 5.28. The molecule has 0 aromatic heterocycles. The van der Waals surface area contributed by atoms with E-state index in [9.17, 15) is 4.79 Å². The van der Waals surface area contributed by atoms with Crippen LogP contribution in [0.5, 0.6) is 0 Å². The third-order valence-electron chi connectivity index (χ3n) is 5.02. The van der Waals surface area contributed by atoms with Gasteiger partial charge in [0.25, 0.3) is 0 Å². The normalized spacial score (nSPS) is 14.4. The number of carbonyl (C=O) groups is 1. The fourth-order valence-electron chi connectivity index (χ4n) is 3.23. The van der Waals surface area contributed by atoms with E-state index in [2.05, 4.69) is 0 Å². The first-order chi connectivity index (χ1) is 14.5. The van der Waals surface area contributed by atoms with Gasteiger partial charge in [0.1, 0.15) is 0 Å². The van der Waals surface area contributed by atoms with Gasteiger partial charge in [-0.2, -0.15) is 0 Å². The third-order valence-corrected chi connectivity index (χ3v) is 5.02. The first-order valence-electron chi connectivity index (χ1n) is 9.85. The standard InChI is InChI=1S/C22H28N6O2/c23-19-4-2-1-3-18(19)22(25)20(24)15-28(26)17-8-5-16(6-9-17)7-10-21(29)27-11-13-30-14-12-27/h1-6,8-9,15,25H,7,10-14,23-24,26H2/b20-15-,25-22?. The van der Waals surface area contributed by atoms with E-state index >= 15 is 0 Å². The van der Waals surface area contributed by atoms with Gasteiger partial charge in [-0.3, -0.25) is 15.2 Å². The number of hydrogen-bond acceptors (Lipinski definition) is 7. The van der Waals surface area contributed by atoms with Crippen LogP contribution in [-0.4, -0.2) is 42.8 Å². The van der Waals surface area contributed by atoms with E-state index in [4.69, 9.17) is 27.5 Å². The summed E-state index contributed by atoms with van der Waals surface area (Å²) in [4.78, 5) is 14.1. The second-order valence-electron chi connectivity index (χ2n) is 7.11. The number of anilines is 2. The Kier molecular flexibility index (Phi) is 7.05. The Bertz CT molecular complexity index is 919. The smallest absolute Gasteiger partial charge is 0.223 e. The van der Waals surface area contributed by atoms with Gasteiger partial charge >= 0.3 is 0 Å². The fraction of sp³-hybridized carbons (Fsp3) is 0.273. The van der Waals surface area contributed by atoms with Crippen LogP contribution < -0.4 is 22.3 Å². The molecular weight excluding hydrogens is 380 g/mol. The zero-order chi connectivity index (χ0) is 21.5. The summed E-state index contributed by atoms with van der Waals surface area (Å²) in [6, 6.07) is 14.7. The monoisotopic (exact) mass is 408 g/mol. The van der Waals surface area contributed by atoms with Crippen LogP contribution in [0.15, 0.2) is 60.4 Å². The van der Waals surface area contributed by atoms with E-state index in [1.807, 2.05) is 29.2 Å². The number of carbonyl (C=O) groups excluding carboxylic acids is 1. The first kappa shape index (κ1) is 21.4. The number of nitrogen functional groups attached to an aromatic ring is 1. The molecule has 1 aliphatic rings.